The summed E-state index contributed by atoms with van der Waals surface area (Å²) in [6, 6.07) is 18.9. The zero-order valence-corrected chi connectivity index (χ0v) is 22.0. The molecule has 0 amide bonds. The van der Waals surface area contributed by atoms with Gasteiger partial charge >= 0.3 is 0 Å². The van der Waals surface area contributed by atoms with Gasteiger partial charge in [0, 0.05) is 40.5 Å². The highest BCUT2D eigenvalue weighted by molar-refractivity contribution is 7.20. The van der Waals surface area contributed by atoms with Gasteiger partial charge in [-0.05, 0) is 69.5 Å². The molecule has 0 spiro atoms. The number of hydrogen-bond donors (Lipinski definition) is 1. The maximum Gasteiger partial charge on any atom is 0.162 e. The number of nitrogens with one attached hydrogen (secondary N) is 1. The van der Waals surface area contributed by atoms with Crippen molar-refractivity contribution in [1.82, 2.24) is 15.0 Å². The molecule has 5 aromatic rings. The van der Waals surface area contributed by atoms with E-state index in [-0.39, 0.29) is 11.9 Å². The predicted octanol–water partition coefficient (Wildman–Crippen LogP) is 7.70. The van der Waals surface area contributed by atoms with Crippen LogP contribution in [0.15, 0.2) is 73.1 Å². The van der Waals surface area contributed by atoms with Crippen LogP contribution in [0.4, 0.5) is 10.2 Å². The third-order valence-electron chi connectivity index (χ3n) is 6.00. The van der Waals surface area contributed by atoms with E-state index in [9.17, 15) is 4.39 Å². The largest absolute Gasteiger partial charge is 0.490 e. The minimum absolute atomic E-state index is 0.0433. The molecule has 3 heterocycles. The van der Waals surface area contributed by atoms with E-state index in [1.165, 1.54) is 17.7 Å². The van der Waals surface area contributed by atoms with Crippen molar-refractivity contribution >= 4 is 27.4 Å². The van der Waals surface area contributed by atoms with Crippen molar-refractivity contribution < 1.29 is 9.13 Å². The molecule has 0 atom stereocenters. The lowest BCUT2D eigenvalue weighted by Gasteiger charge is -2.15. The number of ether oxygens (including phenoxy) is 1. The van der Waals surface area contributed by atoms with Gasteiger partial charge in [-0.15, -0.1) is 11.3 Å². The summed E-state index contributed by atoms with van der Waals surface area (Å²) in [6.07, 6.45) is 5.37. The van der Waals surface area contributed by atoms with Crippen LogP contribution in [0.2, 0.25) is 0 Å². The Balaban J connectivity index is 1.58. The Labute approximate surface area is 220 Å². The Kier molecular flexibility index (Phi) is 7.42. The first-order valence-electron chi connectivity index (χ1n) is 12.5. The number of thiophene rings is 1. The number of benzene rings is 2. The van der Waals surface area contributed by atoms with Gasteiger partial charge in [-0.25, -0.2) is 14.4 Å². The molecule has 0 saturated carbocycles. The summed E-state index contributed by atoms with van der Waals surface area (Å²) >= 11 is 1.61. The van der Waals surface area contributed by atoms with E-state index in [4.69, 9.17) is 14.7 Å². The maximum atomic E-state index is 14.5. The smallest absolute Gasteiger partial charge is 0.162 e. The van der Waals surface area contributed by atoms with Crippen LogP contribution in [-0.2, 0) is 6.42 Å². The first-order valence-corrected chi connectivity index (χ1v) is 13.3. The van der Waals surface area contributed by atoms with Crippen LogP contribution in [0.5, 0.6) is 5.75 Å². The molecule has 0 saturated heterocycles. The van der Waals surface area contributed by atoms with Gasteiger partial charge in [0.2, 0.25) is 0 Å². The van der Waals surface area contributed by atoms with Gasteiger partial charge in [0.25, 0.3) is 0 Å². The number of rotatable bonds is 9. The second-order valence-corrected chi connectivity index (χ2v) is 10.4. The van der Waals surface area contributed by atoms with Crippen molar-refractivity contribution in [3.63, 3.8) is 0 Å². The van der Waals surface area contributed by atoms with Gasteiger partial charge < -0.3 is 10.1 Å². The number of pyridine rings is 1. The SMILES string of the molecule is Cc1sc2c(NCCCc3ccccc3)nc(-c3ccncc3)nc2c1-c1cc(F)ccc1OC(C)C. The molecule has 0 fully saturated rings. The van der Waals surface area contributed by atoms with Crippen molar-refractivity contribution in [1.29, 1.82) is 0 Å². The van der Waals surface area contributed by atoms with Gasteiger partial charge in [-0.1, -0.05) is 30.3 Å². The number of fused-ring (bicyclic) bond motifs is 1. The Morgan fingerprint density at radius 2 is 1.78 bits per heavy atom. The van der Waals surface area contributed by atoms with Crippen molar-refractivity contribution in [2.75, 3.05) is 11.9 Å². The number of halogens is 1. The van der Waals surface area contributed by atoms with Crippen LogP contribution in [0.1, 0.15) is 30.7 Å². The fourth-order valence-corrected chi connectivity index (χ4v) is 5.43. The molecule has 2 aromatic carbocycles. The van der Waals surface area contributed by atoms with Crippen LogP contribution in [0.3, 0.4) is 0 Å². The van der Waals surface area contributed by atoms with Crippen molar-refractivity contribution in [3.05, 3.63) is 89.3 Å². The quantitative estimate of drug-likeness (QED) is 0.205. The third kappa shape index (κ3) is 5.62. The predicted molar refractivity (Wildman–Crippen MR) is 150 cm³/mol. The number of hydrogen-bond acceptors (Lipinski definition) is 6. The van der Waals surface area contributed by atoms with Crippen molar-refractivity contribution in [2.45, 2.75) is 39.7 Å². The summed E-state index contributed by atoms with van der Waals surface area (Å²) < 4.78 is 21.5. The molecule has 0 aliphatic heterocycles. The van der Waals surface area contributed by atoms with E-state index >= 15 is 0 Å². The topological polar surface area (TPSA) is 59.9 Å². The Morgan fingerprint density at radius 1 is 1.00 bits per heavy atom. The van der Waals surface area contributed by atoms with Crippen LogP contribution in [0.25, 0.3) is 32.7 Å². The molecule has 0 unspecified atom stereocenters. The van der Waals surface area contributed by atoms with E-state index in [0.29, 0.717) is 17.1 Å². The lowest BCUT2D eigenvalue weighted by atomic mass is 10.0. The number of nitrogens with zero attached hydrogens (tertiary/aromatic N) is 3. The van der Waals surface area contributed by atoms with Crippen molar-refractivity contribution in [3.8, 4) is 28.3 Å². The monoisotopic (exact) mass is 512 g/mol. The van der Waals surface area contributed by atoms with E-state index in [2.05, 4.69) is 34.6 Å². The van der Waals surface area contributed by atoms with Gasteiger partial charge in [-0.2, -0.15) is 0 Å². The molecule has 5 nitrogen and oxygen atoms in total. The Morgan fingerprint density at radius 3 is 2.54 bits per heavy atom. The maximum absolute atomic E-state index is 14.5. The summed E-state index contributed by atoms with van der Waals surface area (Å²) in [6.45, 7) is 6.74. The van der Waals surface area contributed by atoms with Crippen LogP contribution in [-0.4, -0.2) is 27.6 Å². The first-order chi connectivity index (χ1) is 18.0. The van der Waals surface area contributed by atoms with Gasteiger partial charge in [0.1, 0.15) is 17.4 Å². The summed E-state index contributed by atoms with van der Waals surface area (Å²) in [5.41, 5.74) is 4.55. The van der Waals surface area contributed by atoms with E-state index in [1.807, 2.05) is 39.0 Å². The summed E-state index contributed by atoms with van der Waals surface area (Å²) in [5.74, 6) is 1.71. The Hall–Kier alpha value is -3.84. The summed E-state index contributed by atoms with van der Waals surface area (Å²) in [4.78, 5) is 15.1. The number of aryl methyl sites for hydroxylation is 2. The molecule has 37 heavy (non-hydrogen) atoms. The second-order valence-electron chi connectivity index (χ2n) is 9.17. The molecule has 0 aliphatic carbocycles. The molecular formula is C30H29FN4OS. The first kappa shape index (κ1) is 24.8. The molecular weight excluding hydrogens is 483 g/mol. The molecule has 7 heteroatoms. The molecule has 0 radical (unpaired) electrons. The molecule has 0 aliphatic rings. The van der Waals surface area contributed by atoms with Crippen molar-refractivity contribution in [2.24, 2.45) is 0 Å². The highest BCUT2D eigenvalue weighted by Gasteiger charge is 2.22. The lowest BCUT2D eigenvalue weighted by Crippen LogP contribution is -2.07. The Bertz CT molecular complexity index is 1500. The second kappa shape index (κ2) is 11.0. The minimum atomic E-state index is -0.312. The fraction of sp³-hybridized carbons (Fsp3) is 0.233. The van der Waals surface area contributed by atoms with E-state index in [1.54, 1.807) is 29.8 Å². The van der Waals surface area contributed by atoms with E-state index in [0.717, 1.165) is 51.4 Å². The number of aromatic nitrogens is 3. The minimum Gasteiger partial charge on any atom is -0.490 e. The zero-order valence-electron chi connectivity index (χ0n) is 21.2. The fourth-order valence-electron chi connectivity index (χ4n) is 4.35. The normalized spacial score (nSPS) is 11.3. The van der Waals surface area contributed by atoms with E-state index < -0.39 is 0 Å². The highest BCUT2D eigenvalue weighted by atomic mass is 32.1. The average molecular weight is 513 g/mol. The zero-order chi connectivity index (χ0) is 25.8. The van der Waals surface area contributed by atoms with Gasteiger partial charge in [0.05, 0.1) is 16.3 Å². The van der Waals surface area contributed by atoms with Crippen LogP contribution >= 0.6 is 11.3 Å². The lowest BCUT2D eigenvalue weighted by molar-refractivity contribution is 0.243. The number of anilines is 1. The van der Waals surface area contributed by atoms with Gasteiger partial charge in [0.15, 0.2) is 5.82 Å². The highest BCUT2D eigenvalue weighted by Crippen LogP contribution is 2.44. The molecule has 1 N–H and O–H groups in total. The van der Waals surface area contributed by atoms with Crippen LogP contribution < -0.4 is 10.1 Å². The molecule has 3 aromatic heterocycles. The molecule has 5 rings (SSSR count). The van der Waals surface area contributed by atoms with Crippen LogP contribution in [0, 0.1) is 12.7 Å². The standard InChI is InChI=1S/C30H29FN4OS/c1-19(2)36-25-12-11-23(31)18-24(25)26-20(3)37-28-27(26)34-29(22-13-16-32-17-14-22)35-30(28)33-15-7-10-21-8-5-4-6-9-21/h4-6,8-9,11-14,16-19H,7,10,15H2,1-3H3,(H,33,34,35). The molecule has 0 bridgehead atoms. The van der Waals surface area contributed by atoms with Gasteiger partial charge in [-0.3, -0.25) is 4.98 Å². The third-order valence-corrected chi connectivity index (χ3v) is 7.10. The summed E-state index contributed by atoms with van der Waals surface area (Å²) in [7, 11) is 0. The summed E-state index contributed by atoms with van der Waals surface area (Å²) in [5, 5.41) is 3.56. The molecule has 188 valence electrons. The average Bonchev–Trinajstić information content (AvgIpc) is 3.24.